The van der Waals surface area contributed by atoms with Crippen LogP contribution in [-0.4, -0.2) is 42.5 Å². The Balaban J connectivity index is 1.51. The lowest BCUT2D eigenvalue weighted by atomic mass is 9.98. The second-order valence-corrected chi connectivity index (χ2v) is 9.44. The van der Waals surface area contributed by atoms with Gasteiger partial charge in [0.2, 0.25) is 15.9 Å². The first-order chi connectivity index (χ1) is 14.7. The highest BCUT2D eigenvalue weighted by Crippen LogP contribution is 2.26. The number of nitrogens with one attached hydrogen (secondary N) is 2. The maximum absolute atomic E-state index is 13.1. The van der Waals surface area contributed by atoms with Crippen molar-refractivity contribution in [2.75, 3.05) is 18.4 Å². The number of oxazole rings is 1. The second-order valence-electron chi connectivity index (χ2n) is 7.50. The number of H-pyrrole nitrogens is 1. The molecule has 9 nitrogen and oxygen atoms in total. The molecule has 1 fully saturated rings. The van der Waals surface area contributed by atoms with Gasteiger partial charge in [-0.3, -0.25) is 14.6 Å². The van der Waals surface area contributed by atoms with Crippen molar-refractivity contribution in [2.45, 2.75) is 24.7 Å². The van der Waals surface area contributed by atoms with Gasteiger partial charge in [-0.15, -0.1) is 0 Å². The highest BCUT2D eigenvalue weighted by molar-refractivity contribution is 7.89. The fourth-order valence-corrected chi connectivity index (χ4v) is 5.21. The molecule has 2 aromatic carbocycles. The van der Waals surface area contributed by atoms with Crippen LogP contribution < -0.4 is 11.1 Å². The summed E-state index contributed by atoms with van der Waals surface area (Å²) < 4.78 is 32.5. The smallest absolute Gasteiger partial charge is 0.408 e. The van der Waals surface area contributed by atoms with Crippen molar-refractivity contribution in [3.05, 3.63) is 58.6 Å². The van der Waals surface area contributed by atoms with E-state index in [1.807, 2.05) is 0 Å². The highest BCUT2D eigenvalue weighted by atomic mass is 32.2. The van der Waals surface area contributed by atoms with Crippen LogP contribution in [0.15, 0.2) is 56.6 Å². The van der Waals surface area contributed by atoms with E-state index >= 15 is 0 Å². The molecule has 2 N–H and O–H groups in total. The average molecular weight is 443 g/mol. The molecule has 0 spiro atoms. The Kier molecular flexibility index (Phi) is 5.50. The van der Waals surface area contributed by atoms with Crippen LogP contribution in [0.4, 0.5) is 5.69 Å². The molecule has 1 unspecified atom stereocenters. The van der Waals surface area contributed by atoms with Crippen LogP contribution >= 0.6 is 0 Å². The van der Waals surface area contributed by atoms with Gasteiger partial charge in [-0.25, -0.2) is 13.2 Å². The zero-order valence-corrected chi connectivity index (χ0v) is 17.6. The Morgan fingerprint density at radius 1 is 1.19 bits per heavy atom. The topological polar surface area (TPSA) is 130 Å². The lowest BCUT2D eigenvalue weighted by Crippen LogP contribution is -2.43. The summed E-state index contributed by atoms with van der Waals surface area (Å²) in [6.07, 6.45) is 1.09. The fraction of sp³-hybridized carbons (Fsp3) is 0.286. The number of rotatable bonds is 5. The number of hydrogen-bond acceptors (Lipinski definition) is 6. The van der Waals surface area contributed by atoms with Crippen LogP contribution in [0.2, 0.25) is 0 Å². The molecular weight excluding hydrogens is 422 g/mol. The van der Waals surface area contributed by atoms with Crippen molar-refractivity contribution < 1.29 is 22.4 Å². The third-order valence-electron chi connectivity index (χ3n) is 5.32. The molecular formula is C21H21N3O6S. The van der Waals surface area contributed by atoms with Crippen LogP contribution in [0, 0.1) is 5.92 Å². The van der Waals surface area contributed by atoms with Crippen molar-refractivity contribution in [3.63, 3.8) is 0 Å². The molecule has 10 heteroatoms. The van der Waals surface area contributed by atoms with Crippen LogP contribution in [-0.2, 0) is 14.8 Å². The summed E-state index contributed by atoms with van der Waals surface area (Å²) in [6, 6.07) is 10.8. The quantitative estimate of drug-likeness (QED) is 0.583. The van der Waals surface area contributed by atoms with Gasteiger partial charge < -0.3 is 9.73 Å². The van der Waals surface area contributed by atoms with Crippen molar-refractivity contribution in [1.82, 2.24) is 9.29 Å². The molecule has 4 rings (SSSR count). The van der Waals surface area contributed by atoms with Gasteiger partial charge in [-0.05, 0) is 44.0 Å². The number of amides is 1. The molecule has 1 saturated heterocycles. The molecule has 1 atom stereocenters. The number of nitrogens with zero attached hydrogens (tertiary/aromatic N) is 1. The number of carbonyl (C=O) groups is 2. The van der Waals surface area contributed by atoms with Gasteiger partial charge in [-0.1, -0.05) is 12.1 Å². The van der Waals surface area contributed by atoms with E-state index in [1.165, 1.54) is 29.4 Å². The predicted octanol–water partition coefficient (Wildman–Crippen LogP) is 2.36. The van der Waals surface area contributed by atoms with Gasteiger partial charge >= 0.3 is 5.76 Å². The first-order valence-corrected chi connectivity index (χ1v) is 11.2. The third kappa shape index (κ3) is 4.30. The number of piperidine rings is 1. The molecule has 0 aliphatic carbocycles. The largest absolute Gasteiger partial charge is 0.417 e. The molecule has 162 valence electrons. The van der Waals surface area contributed by atoms with E-state index in [1.54, 1.807) is 24.3 Å². The number of aromatic amines is 1. The second kappa shape index (κ2) is 8.12. The molecule has 31 heavy (non-hydrogen) atoms. The van der Waals surface area contributed by atoms with Crippen molar-refractivity contribution in [3.8, 4) is 0 Å². The number of hydrogen-bond donors (Lipinski definition) is 2. The summed E-state index contributed by atoms with van der Waals surface area (Å²) in [4.78, 5) is 38.1. The zero-order chi connectivity index (χ0) is 22.2. The predicted molar refractivity (Wildman–Crippen MR) is 113 cm³/mol. The van der Waals surface area contributed by atoms with E-state index < -0.39 is 21.7 Å². The SMILES string of the molecule is CC(=O)c1cccc(NC(=O)C2CCCN(S(=O)(=O)c3ccc4[nH]c(=O)oc4c3)C2)c1. The molecule has 1 aromatic heterocycles. The number of anilines is 1. The number of ketones is 1. The Morgan fingerprint density at radius 3 is 2.77 bits per heavy atom. The maximum Gasteiger partial charge on any atom is 0.417 e. The summed E-state index contributed by atoms with van der Waals surface area (Å²) in [5, 5.41) is 2.78. The van der Waals surface area contributed by atoms with Gasteiger partial charge in [0.15, 0.2) is 11.4 Å². The lowest BCUT2D eigenvalue weighted by molar-refractivity contribution is -0.120. The minimum Gasteiger partial charge on any atom is -0.408 e. The number of aromatic nitrogens is 1. The van der Waals surface area contributed by atoms with Gasteiger partial charge in [0, 0.05) is 30.4 Å². The number of carbonyl (C=O) groups excluding carboxylic acids is 2. The molecule has 1 amide bonds. The molecule has 1 aliphatic heterocycles. The Bertz CT molecular complexity index is 1320. The summed E-state index contributed by atoms with van der Waals surface area (Å²) >= 11 is 0. The average Bonchev–Trinajstić information content (AvgIpc) is 3.13. The summed E-state index contributed by atoms with van der Waals surface area (Å²) in [7, 11) is -3.87. The van der Waals surface area contributed by atoms with Gasteiger partial charge in [-0.2, -0.15) is 4.31 Å². The van der Waals surface area contributed by atoms with Crippen LogP contribution in [0.5, 0.6) is 0 Å². The lowest BCUT2D eigenvalue weighted by Gasteiger charge is -2.31. The summed E-state index contributed by atoms with van der Waals surface area (Å²) in [5.74, 6) is -1.60. The van der Waals surface area contributed by atoms with Gasteiger partial charge in [0.1, 0.15) is 0 Å². The molecule has 2 heterocycles. The van der Waals surface area contributed by atoms with Crippen LogP contribution in [0.1, 0.15) is 30.1 Å². The van der Waals surface area contributed by atoms with Crippen molar-refractivity contribution in [2.24, 2.45) is 5.92 Å². The minimum atomic E-state index is -3.87. The van der Waals surface area contributed by atoms with Crippen molar-refractivity contribution >= 4 is 38.5 Å². The molecule has 0 saturated carbocycles. The normalized spacial score (nSPS) is 17.5. The van der Waals surface area contributed by atoms with E-state index in [0.717, 1.165) is 0 Å². The zero-order valence-electron chi connectivity index (χ0n) is 16.8. The minimum absolute atomic E-state index is 0.00188. The molecule has 1 aliphatic rings. The fourth-order valence-electron chi connectivity index (χ4n) is 3.67. The van der Waals surface area contributed by atoms with Gasteiger partial charge in [0.25, 0.3) is 0 Å². The first-order valence-electron chi connectivity index (χ1n) is 9.79. The van der Waals surface area contributed by atoms with E-state index in [4.69, 9.17) is 4.42 Å². The summed E-state index contributed by atoms with van der Waals surface area (Å²) in [5.41, 5.74) is 1.54. The Hall–Kier alpha value is -3.24. The third-order valence-corrected chi connectivity index (χ3v) is 7.18. The van der Waals surface area contributed by atoms with E-state index in [2.05, 4.69) is 10.3 Å². The van der Waals surface area contributed by atoms with Crippen LogP contribution in [0.3, 0.4) is 0 Å². The molecule has 0 bridgehead atoms. The molecule has 0 radical (unpaired) electrons. The Labute approximate surface area is 178 Å². The number of fused-ring (bicyclic) bond motifs is 1. The van der Waals surface area contributed by atoms with E-state index in [9.17, 15) is 22.8 Å². The standard InChI is InChI=1S/C21H21N3O6S/c1-13(25)14-4-2-6-16(10-14)22-20(26)15-5-3-9-24(12-15)31(28,29)17-7-8-18-19(11-17)30-21(27)23-18/h2,4,6-8,10-11,15H,3,5,9,12H2,1H3,(H,22,26)(H,23,27). The molecule has 3 aromatic rings. The maximum atomic E-state index is 13.1. The monoisotopic (exact) mass is 443 g/mol. The van der Waals surface area contributed by atoms with Crippen LogP contribution in [0.25, 0.3) is 11.1 Å². The van der Waals surface area contributed by atoms with E-state index in [0.29, 0.717) is 36.2 Å². The number of sulfonamides is 1. The van der Waals surface area contributed by atoms with Crippen molar-refractivity contribution in [1.29, 1.82) is 0 Å². The highest BCUT2D eigenvalue weighted by Gasteiger charge is 2.33. The van der Waals surface area contributed by atoms with Gasteiger partial charge in [0.05, 0.1) is 16.3 Å². The number of Topliss-reactive ketones (excluding diaryl/α,β-unsaturated/α-hetero) is 1. The Morgan fingerprint density at radius 2 is 2.00 bits per heavy atom. The first kappa shape index (κ1) is 21.0. The summed E-state index contributed by atoms with van der Waals surface area (Å²) in [6.45, 7) is 1.78. The van der Waals surface area contributed by atoms with E-state index in [-0.39, 0.29) is 28.7 Å². The number of benzene rings is 2.